The molecule has 1 unspecified atom stereocenters. The van der Waals surface area contributed by atoms with E-state index in [9.17, 15) is 14.4 Å². The third kappa shape index (κ3) is 6.48. The molecular formula is C27H36ClN5O5. The average molecular weight is 546 g/mol. The van der Waals surface area contributed by atoms with E-state index in [0.717, 1.165) is 40.8 Å². The van der Waals surface area contributed by atoms with Gasteiger partial charge in [0.25, 0.3) is 5.82 Å². The maximum atomic E-state index is 13.5. The van der Waals surface area contributed by atoms with E-state index in [4.69, 9.17) is 9.47 Å². The second-order valence-corrected chi connectivity index (χ2v) is 10.4. The first kappa shape index (κ1) is 29.0. The summed E-state index contributed by atoms with van der Waals surface area (Å²) in [5.41, 5.74) is 2.48. The van der Waals surface area contributed by atoms with Crippen molar-refractivity contribution in [3.63, 3.8) is 0 Å². The summed E-state index contributed by atoms with van der Waals surface area (Å²) < 4.78 is 16.4. The van der Waals surface area contributed by atoms with E-state index < -0.39 is 17.8 Å². The number of nitrogens with zero attached hydrogens (tertiary/aromatic N) is 3. The zero-order chi connectivity index (χ0) is 26.7. The molecule has 3 aromatic rings. The molecule has 0 saturated heterocycles. The molecule has 0 radical (unpaired) electrons. The molecule has 2 N–H and O–H groups in total. The number of para-hydroxylation sites is 1. The van der Waals surface area contributed by atoms with Gasteiger partial charge in [-0.15, -0.1) is 0 Å². The second-order valence-electron chi connectivity index (χ2n) is 10.4. The second kappa shape index (κ2) is 11.9. The lowest BCUT2D eigenvalue weighted by molar-refractivity contribution is -0.732. The lowest BCUT2D eigenvalue weighted by Gasteiger charge is -2.21. The number of aryl methyl sites for hydroxylation is 1. The first-order valence-electron chi connectivity index (χ1n) is 12.6. The van der Waals surface area contributed by atoms with E-state index in [1.54, 1.807) is 20.8 Å². The van der Waals surface area contributed by atoms with Crippen LogP contribution in [0.5, 0.6) is 0 Å². The van der Waals surface area contributed by atoms with Gasteiger partial charge in [-0.05, 0) is 39.7 Å². The normalized spacial score (nSPS) is 15.0. The molecule has 2 heterocycles. The highest BCUT2D eigenvalue weighted by Crippen LogP contribution is 2.34. The van der Waals surface area contributed by atoms with Gasteiger partial charge in [0, 0.05) is 49.2 Å². The van der Waals surface area contributed by atoms with E-state index in [2.05, 4.69) is 21.3 Å². The number of aromatic nitrogens is 3. The number of nitrogens with one attached hydrogen (secondary N) is 2. The Balaban J connectivity index is 0.00000400. The summed E-state index contributed by atoms with van der Waals surface area (Å²) in [6.45, 7) is 8.32. The van der Waals surface area contributed by atoms with Gasteiger partial charge in [0.05, 0.1) is 5.92 Å². The van der Waals surface area contributed by atoms with Crippen molar-refractivity contribution in [1.29, 1.82) is 0 Å². The number of ketones is 1. The third-order valence-corrected chi connectivity index (χ3v) is 6.65. The lowest BCUT2D eigenvalue weighted by atomic mass is 9.85. The molecule has 1 aromatic carbocycles. The van der Waals surface area contributed by atoms with Crippen LogP contribution >= 0.6 is 0 Å². The summed E-state index contributed by atoms with van der Waals surface area (Å²) in [7, 11) is 2.03. The third-order valence-electron chi connectivity index (χ3n) is 6.65. The van der Waals surface area contributed by atoms with Gasteiger partial charge in [0.1, 0.15) is 24.5 Å². The zero-order valence-corrected chi connectivity index (χ0v) is 23.3. The van der Waals surface area contributed by atoms with Gasteiger partial charge in [-0.3, -0.25) is 4.79 Å². The predicted octanol–water partition coefficient (Wildman–Crippen LogP) is 0.233. The molecule has 1 aliphatic rings. The number of ether oxygens (including phenoxy) is 2. The van der Waals surface area contributed by atoms with Crippen LogP contribution < -0.4 is 27.6 Å². The molecule has 38 heavy (non-hydrogen) atoms. The fourth-order valence-corrected chi connectivity index (χ4v) is 4.77. The summed E-state index contributed by atoms with van der Waals surface area (Å²) in [6.07, 6.45) is 4.28. The largest absolute Gasteiger partial charge is 1.00 e. The quantitative estimate of drug-likeness (QED) is 0.326. The van der Waals surface area contributed by atoms with Crippen molar-refractivity contribution in [2.45, 2.75) is 59.4 Å². The Morgan fingerprint density at radius 3 is 2.53 bits per heavy atom. The number of hydrogen-bond donors (Lipinski definition) is 2. The van der Waals surface area contributed by atoms with Crippen LogP contribution in [0.3, 0.4) is 0 Å². The highest BCUT2D eigenvalue weighted by Gasteiger charge is 2.34. The Morgan fingerprint density at radius 1 is 1.13 bits per heavy atom. The smallest absolute Gasteiger partial charge is 0.410 e. The monoisotopic (exact) mass is 545 g/mol. The molecule has 1 atom stereocenters. The number of imidazole rings is 1. The van der Waals surface area contributed by atoms with Crippen LogP contribution in [-0.4, -0.2) is 45.8 Å². The van der Waals surface area contributed by atoms with Gasteiger partial charge in [0.15, 0.2) is 5.78 Å². The molecule has 4 rings (SSSR count). The highest BCUT2D eigenvalue weighted by atomic mass is 35.5. The van der Waals surface area contributed by atoms with Crippen molar-refractivity contribution in [3.05, 3.63) is 53.7 Å². The fraction of sp³-hybridized carbons (Fsp3) is 0.481. The minimum absolute atomic E-state index is 0. The van der Waals surface area contributed by atoms with E-state index in [1.807, 2.05) is 53.7 Å². The van der Waals surface area contributed by atoms with Crippen molar-refractivity contribution < 1.29 is 40.8 Å². The minimum atomic E-state index is -0.586. The van der Waals surface area contributed by atoms with Crippen LogP contribution in [0.1, 0.15) is 49.1 Å². The number of Topliss-reactive ketones (excluding diaryl/α,β-unsaturated/α-hetero) is 1. The number of carbonyl (C=O) groups is 3. The molecule has 0 aliphatic heterocycles. The van der Waals surface area contributed by atoms with Gasteiger partial charge >= 0.3 is 12.2 Å². The number of amides is 2. The van der Waals surface area contributed by atoms with Crippen LogP contribution in [0.4, 0.5) is 9.59 Å². The Bertz CT molecular complexity index is 1320. The van der Waals surface area contributed by atoms with Gasteiger partial charge in [0.2, 0.25) is 6.73 Å². The summed E-state index contributed by atoms with van der Waals surface area (Å²) in [4.78, 5) is 37.2. The Kier molecular flexibility index (Phi) is 9.09. The predicted molar refractivity (Wildman–Crippen MR) is 137 cm³/mol. The molecular weight excluding hydrogens is 510 g/mol. The van der Waals surface area contributed by atoms with E-state index in [1.165, 1.54) is 0 Å². The summed E-state index contributed by atoms with van der Waals surface area (Å²) in [6, 6.07) is 8.06. The molecule has 0 bridgehead atoms. The van der Waals surface area contributed by atoms with Gasteiger partial charge in [-0.2, -0.15) is 4.57 Å². The number of fused-ring (bicyclic) bond motifs is 3. The Labute approximate surface area is 228 Å². The number of hydrogen-bond acceptors (Lipinski definition) is 5. The van der Waals surface area contributed by atoms with E-state index in [0.29, 0.717) is 6.54 Å². The minimum Gasteiger partial charge on any atom is -1.00 e. The average Bonchev–Trinajstić information content (AvgIpc) is 3.33. The maximum absolute atomic E-state index is 13.5. The molecule has 0 fully saturated rings. The van der Waals surface area contributed by atoms with Crippen molar-refractivity contribution in [2.75, 3.05) is 13.1 Å². The number of carbonyl (C=O) groups excluding carboxylic acids is 3. The number of benzene rings is 1. The molecule has 2 aromatic heterocycles. The summed E-state index contributed by atoms with van der Waals surface area (Å²) >= 11 is 0. The fourth-order valence-electron chi connectivity index (χ4n) is 4.77. The van der Waals surface area contributed by atoms with Crippen LogP contribution in [-0.2, 0) is 36.2 Å². The van der Waals surface area contributed by atoms with Crippen LogP contribution in [0.2, 0.25) is 0 Å². The first-order valence-corrected chi connectivity index (χ1v) is 12.6. The summed E-state index contributed by atoms with van der Waals surface area (Å²) in [5.74, 6) is 0.962. The van der Waals surface area contributed by atoms with E-state index >= 15 is 0 Å². The van der Waals surface area contributed by atoms with Crippen molar-refractivity contribution in [1.82, 2.24) is 19.8 Å². The first-order chi connectivity index (χ1) is 17.5. The SMILES string of the molecule is Cc1n(CC2CCc3c(c4ccccc4n3C)C2=O)cc[n+]1COC(=O)NCCNC(=O)OC(C)(C)C.[Cl-]. The summed E-state index contributed by atoms with van der Waals surface area (Å²) in [5, 5.41) is 6.19. The molecule has 2 amide bonds. The number of rotatable bonds is 7. The molecule has 0 saturated carbocycles. The molecule has 206 valence electrons. The van der Waals surface area contributed by atoms with Crippen LogP contribution in [0.25, 0.3) is 10.9 Å². The van der Waals surface area contributed by atoms with Gasteiger partial charge in [-0.1, -0.05) is 18.2 Å². The molecule has 1 aliphatic carbocycles. The maximum Gasteiger partial charge on any atom is 0.410 e. The van der Waals surface area contributed by atoms with Crippen LogP contribution in [0, 0.1) is 12.8 Å². The van der Waals surface area contributed by atoms with E-state index in [-0.39, 0.29) is 43.9 Å². The highest BCUT2D eigenvalue weighted by molar-refractivity contribution is 6.11. The van der Waals surface area contributed by atoms with Crippen molar-refractivity contribution in [2.24, 2.45) is 13.0 Å². The Morgan fingerprint density at radius 2 is 1.82 bits per heavy atom. The molecule has 0 spiro atoms. The lowest BCUT2D eigenvalue weighted by Crippen LogP contribution is -3.00. The Hall–Kier alpha value is -3.53. The number of halogens is 1. The molecule has 10 nitrogen and oxygen atoms in total. The standard InChI is InChI=1S/C27H35N5O5.ClH/c1-18-31(14-15-32(18)17-36-25(34)28-12-13-29-26(35)37-27(2,3)4)16-19-10-11-22-23(24(19)33)20-8-6-7-9-21(20)30(22)5;/h6-9,14-15,19H,10-13,16-17H2,1-5H3,(H-,28,29,34,35);1H. The van der Waals surface area contributed by atoms with Gasteiger partial charge < -0.3 is 37.1 Å². The number of alkyl carbamates (subject to hydrolysis) is 2. The van der Waals surface area contributed by atoms with Crippen molar-refractivity contribution >= 4 is 28.9 Å². The zero-order valence-electron chi connectivity index (χ0n) is 22.5. The van der Waals surface area contributed by atoms with Gasteiger partial charge in [-0.25, -0.2) is 14.2 Å². The van der Waals surface area contributed by atoms with Crippen molar-refractivity contribution in [3.8, 4) is 0 Å². The van der Waals surface area contributed by atoms with Crippen LogP contribution in [0.15, 0.2) is 36.7 Å². The topological polar surface area (TPSA) is 107 Å². The molecule has 11 heteroatoms.